The molecule has 0 aromatic heterocycles. The van der Waals surface area contributed by atoms with Crippen LogP contribution in [0.5, 0.6) is 0 Å². The summed E-state index contributed by atoms with van der Waals surface area (Å²) in [7, 11) is 1.58. The van der Waals surface area contributed by atoms with Gasteiger partial charge in [-0.25, -0.2) is 4.39 Å². The van der Waals surface area contributed by atoms with E-state index in [1.807, 2.05) is 6.92 Å². The fraction of sp³-hybridized carbons (Fsp3) is 0.467. The molecule has 0 bridgehead atoms. The minimum Gasteiger partial charge on any atom is -0.385 e. The molecule has 1 aromatic carbocycles. The van der Waals surface area contributed by atoms with Crippen LogP contribution in [0, 0.1) is 11.2 Å². The lowest BCUT2D eigenvalue weighted by Crippen LogP contribution is -2.49. The maximum atomic E-state index is 13.0. The Morgan fingerprint density at radius 1 is 1.35 bits per heavy atom. The van der Waals surface area contributed by atoms with Gasteiger partial charge in [0, 0.05) is 20.1 Å². The summed E-state index contributed by atoms with van der Waals surface area (Å²) < 4.78 is 18.1. The molecule has 1 aliphatic rings. The van der Waals surface area contributed by atoms with Crippen molar-refractivity contribution >= 4 is 11.8 Å². The largest absolute Gasteiger partial charge is 0.385 e. The van der Waals surface area contributed by atoms with Gasteiger partial charge in [-0.3, -0.25) is 14.9 Å². The first-order valence-corrected chi connectivity index (χ1v) is 6.54. The van der Waals surface area contributed by atoms with E-state index in [0.29, 0.717) is 13.0 Å². The molecule has 0 saturated carbocycles. The summed E-state index contributed by atoms with van der Waals surface area (Å²) in [4.78, 5) is 23.9. The van der Waals surface area contributed by atoms with Gasteiger partial charge in [-0.15, -0.1) is 0 Å². The van der Waals surface area contributed by atoms with Crippen LogP contribution in [0.4, 0.5) is 4.39 Å². The molecule has 2 atom stereocenters. The highest BCUT2D eigenvalue weighted by molar-refractivity contribution is 6.02. The van der Waals surface area contributed by atoms with E-state index in [-0.39, 0.29) is 24.1 Å². The summed E-state index contributed by atoms with van der Waals surface area (Å²) in [6.07, 6.45) is 0.842. The van der Waals surface area contributed by atoms with Crippen molar-refractivity contribution in [2.45, 2.75) is 25.7 Å². The normalized spacial score (nSPS) is 26.4. The number of hydrogen-bond donors (Lipinski definition) is 1. The molecular weight excluding hydrogens is 261 g/mol. The number of methoxy groups -OCH3 is 1. The number of carbonyl (C=O) groups is 2. The molecule has 4 nitrogen and oxygen atoms in total. The second kappa shape index (κ2) is 5.71. The Hall–Kier alpha value is -1.75. The SMILES string of the molecule is COCCC1(C)CC(=O)NC(=O)C1c1ccc(F)cc1. The highest BCUT2D eigenvalue weighted by Crippen LogP contribution is 2.44. The monoisotopic (exact) mass is 279 g/mol. The number of carbonyl (C=O) groups excluding carboxylic acids is 2. The molecule has 0 spiro atoms. The number of imide groups is 1. The second-order valence-electron chi connectivity index (χ2n) is 5.47. The molecule has 20 heavy (non-hydrogen) atoms. The van der Waals surface area contributed by atoms with Crippen LogP contribution < -0.4 is 5.32 Å². The number of halogens is 1. The van der Waals surface area contributed by atoms with Crippen LogP contribution in [0.3, 0.4) is 0 Å². The van der Waals surface area contributed by atoms with Crippen LogP contribution in [0.1, 0.15) is 31.2 Å². The van der Waals surface area contributed by atoms with Crippen molar-refractivity contribution in [3.63, 3.8) is 0 Å². The molecule has 2 unspecified atom stereocenters. The number of nitrogens with one attached hydrogen (secondary N) is 1. The Labute approximate surface area is 117 Å². The lowest BCUT2D eigenvalue weighted by Gasteiger charge is -2.40. The number of ether oxygens (including phenoxy) is 1. The van der Waals surface area contributed by atoms with Crippen LogP contribution in [-0.4, -0.2) is 25.5 Å². The van der Waals surface area contributed by atoms with Crippen molar-refractivity contribution < 1.29 is 18.7 Å². The zero-order chi connectivity index (χ0) is 14.8. The first kappa shape index (κ1) is 14.7. The quantitative estimate of drug-likeness (QED) is 0.858. The van der Waals surface area contributed by atoms with Gasteiger partial charge in [-0.2, -0.15) is 0 Å². The Morgan fingerprint density at radius 2 is 2.00 bits per heavy atom. The van der Waals surface area contributed by atoms with Crippen molar-refractivity contribution in [2.24, 2.45) is 5.41 Å². The molecule has 5 heteroatoms. The average molecular weight is 279 g/mol. The Morgan fingerprint density at radius 3 is 2.60 bits per heavy atom. The maximum absolute atomic E-state index is 13.0. The minimum atomic E-state index is -0.521. The molecular formula is C15H18FNO3. The molecule has 0 aliphatic carbocycles. The van der Waals surface area contributed by atoms with Crippen molar-refractivity contribution in [1.29, 1.82) is 0 Å². The van der Waals surface area contributed by atoms with Gasteiger partial charge in [-0.1, -0.05) is 19.1 Å². The molecule has 0 radical (unpaired) electrons. The van der Waals surface area contributed by atoms with Crippen LogP contribution in [0.2, 0.25) is 0 Å². The predicted octanol–water partition coefficient (Wildman–Crippen LogP) is 2.00. The Kier molecular flexibility index (Phi) is 4.18. The van der Waals surface area contributed by atoms with Gasteiger partial charge in [0.1, 0.15) is 5.82 Å². The smallest absolute Gasteiger partial charge is 0.234 e. The highest BCUT2D eigenvalue weighted by atomic mass is 19.1. The standard InChI is InChI=1S/C15H18FNO3/c1-15(7-8-20-2)9-12(18)17-14(19)13(15)10-3-5-11(16)6-4-10/h3-6,13H,7-9H2,1-2H3,(H,17,18,19). The lowest BCUT2D eigenvalue weighted by atomic mass is 9.67. The number of piperidine rings is 1. The maximum Gasteiger partial charge on any atom is 0.234 e. The topological polar surface area (TPSA) is 55.4 Å². The van der Waals surface area contributed by atoms with E-state index >= 15 is 0 Å². The third-order valence-electron chi connectivity index (χ3n) is 3.87. The zero-order valence-electron chi connectivity index (χ0n) is 11.6. The van der Waals surface area contributed by atoms with Crippen LogP contribution >= 0.6 is 0 Å². The number of amides is 2. The summed E-state index contributed by atoms with van der Waals surface area (Å²) in [5.41, 5.74) is 0.197. The molecule has 2 amide bonds. The van der Waals surface area contributed by atoms with Crippen molar-refractivity contribution in [2.75, 3.05) is 13.7 Å². The van der Waals surface area contributed by atoms with Gasteiger partial charge in [0.15, 0.2) is 0 Å². The number of hydrogen-bond acceptors (Lipinski definition) is 3. The minimum absolute atomic E-state index is 0.254. The summed E-state index contributed by atoms with van der Waals surface area (Å²) in [6, 6.07) is 5.85. The first-order chi connectivity index (χ1) is 9.46. The van der Waals surface area contributed by atoms with E-state index in [0.717, 1.165) is 5.56 Å². The summed E-state index contributed by atoms with van der Waals surface area (Å²) in [6.45, 7) is 2.37. The van der Waals surface area contributed by atoms with E-state index in [2.05, 4.69) is 5.32 Å². The van der Waals surface area contributed by atoms with Gasteiger partial charge in [0.05, 0.1) is 5.92 Å². The number of rotatable bonds is 4. The molecule has 1 N–H and O–H groups in total. The van der Waals surface area contributed by atoms with Gasteiger partial charge in [0.2, 0.25) is 11.8 Å². The van der Waals surface area contributed by atoms with Gasteiger partial charge in [0.25, 0.3) is 0 Å². The molecule has 108 valence electrons. The Bertz CT molecular complexity index is 514. The summed E-state index contributed by atoms with van der Waals surface area (Å²) in [5.74, 6) is -1.42. The molecule has 1 aromatic rings. The molecule has 1 saturated heterocycles. The third kappa shape index (κ3) is 2.88. The first-order valence-electron chi connectivity index (χ1n) is 6.54. The van der Waals surface area contributed by atoms with E-state index in [4.69, 9.17) is 4.74 Å². The Balaban J connectivity index is 2.36. The van der Waals surface area contributed by atoms with Crippen molar-refractivity contribution in [3.05, 3.63) is 35.6 Å². The fourth-order valence-electron chi connectivity index (χ4n) is 2.82. The molecule has 1 fully saturated rings. The van der Waals surface area contributed by atoms with E-state index in [1.54, 1.807) is 19.2 Å². The highest BCUT2D eigenvalue weighted by Gasteiger charge is 2.45. The molecule has 1 aliphatic heterocycles. The van der Waals surface area contributed by atoms with E-state index in [1.165, 1.54) is 12.1 Å². The summed E-state index contributed by atoms with van der Waals surface area (Å²) >= 11 is 0. The van der Waals surface area contributed by atoms with Gasteiger partial charge in [-0.05, 0) is 29.5 Å². The average Bonchev–Trinajstić information content (AvgIpc) is 2.38. The summed E-state index contributed by atoms with van der Waals surface area (Å²) in [5, 5.41) is 2.36. The van der Waals surface area contributed by atoms with E-state index < -0.39 is 11.3 Å². The van der Waals surface area contributed by atoms with Crippen molar-refractivity contribution in [3.8, 4) is 0 Å². The van der Waals surface area contributed by atoms with Crippen LogP contribution in [-0.2, 0) is 14.3 Å². The van der Waals surface area contributed by atoms with Crippen molar-refractivity contribution in [1.82, 2.24) is 5.32 Å². The molecule has 1 heterocycles. The van der Waals surface area contributed by atoms with Crippen LogP contribution in [0.15, 0.2) is 24.3 Å². The fourth-order valence-corrected chi connectivity index (χ4v) is 2.82. The third-order valence-corrected chi connectivity index (χ3v) is 3.87. The lowest BCUT2D eigenvalue weighted by molar-refractivity contribution is -0.140. The second-order valence-corrected chi connectivity index (χ2v) is 5.47. The number of benzene rings is 1. The molecule has 2 rings (SSSR count). The van der Waals surface area contributed by atoms with Gasteiger partial charge >= 0.3 is 0 Å². The predicted molar refractivity (Wildman–Crippen MR) is 71.5 cm³/mol. The van der Waals surface area contributed by atoms with E-state index in [9.17, 15) is 14.0 Å². The van der Waals surface area contributed by atoms with Gasteiger partial charge < -0.3 is 4.74 Å². The van der Waals surface area contributed by atoms with Crippen LogP contribution in [0.25, 0.3) is 0 Å². The zero-order valence-corrected chi connectivity index (χ0v) is 11.6.